The van der Waals surface area contributed by atoms with Gasteiger partial charge in [0.15, 0.2) is 0 Å². The van der Waals surface area contributed by atoms with Gasteiger partial charge in [-0.25, -0.2) is 0 Å². The molecule has 0 fully saturated rings. The van der Waals surface area contributed by atoms with Crippen molar-refractivity contribution in [1.29, 1.82) is 0 Å². The predicted octanol–water partition coefficient (Wildman–Crippen LogP) is 2.36. The molecule has 1 N–H and O–H groups in total. The fourth-order valence-electron chi connectivity index (χ4n) is 1.28. The van der Waals surface area contributed by atoms with Gasteiger partial charge in [-0.2, -0.15) is 0 Å². The zero-order valence-corrected chi connectivity index (χ0v) is 6.91. The molecule has 0 radical (unpaired) electrons. The topological polar surface area (TPSA) is 32.6 Å². The van der Waals surface area contributed by atoms with E-state index < -0.39 is 0 Å². The highest BCUT2D eigenvalue weighted by atomic mass is 16.4. The lowest BCUT2D eigenvalue weighted by molar-refractivity contribution is 0.316. The zero-order chi connectivity index (χ0) is 8.27. The Hall–Kier alpha value is -1.05. The van der Waals surface area contributed by atoms with Crippen molar-refractivity contribution in [3.05, 3.63) is 23.8 Å². The molecule has 0 bridgehead atoms. The van der Waals surface area contributed by atoms with Crippen molar-refractivity contribution in [3.8, 4) is 0 Å². The Morgan fingerprint density at radius 3 is 3.00 bits per heavy atom. The van der Waals surface area contributed by atoms with E-state index >= 15 is 0 Å². The number of nitrogens with zero attached hydrogens (tertiary/aromatic N) is 1. The lowest BCUT2D eigenvalue weighted by atomic mass is 9.91. The molecule has 1 aliphatic rings. The minimum atomic E-state index is 0.216. The van der Waals surface area contributed by atoms with Crippen molar-refractivity contribution in [2.45, 2.75) is 20.3 Å². The van der Waals surface area contributed by atoms with Crippen LogP contribution in [0.25, 0.3) is 0 Å². The summed E-state index contributed by atoms with van der Waals surface area (Å²) >= 11 is 0. The molecule has 0 saturated carbocycles. The molecule has 1 rings (SSSR count). The lowest BCUT2D eigenvalue weighted by Gasteiger charge is -2.14. The Labute approximate surface area is 66.9 Å². The summed E-state index contributed by atoms with van der Waals surface area (Å²) < 4.78 is 0. The minimum absolute atomic E-state index is 0.216. The molecule has 2 heteroatoms. The first-order valence-electron chi connectivity index (χ1n) is 3.77. The summed E-state index contributed by atoms with van der Waals surface area (Å²) in [7, 11) is 0. The standard InChI is InChI=1S/C9H13NO/c1-7-5-3-4-6-9(7)8(2)10-11/h4-6,9,11H,3H2,1-2H3/b10-8-/t9-/m1/s1. The largest absolute Gasteiger partial charge is 0.411 e. The molecule has 0 saturated heterocycles. The van der Waals surface area contributed by atoms with Crippen molar-refractivity contribution < 1.29 is 5.21 Å². The van der Waals surface area contributed by atoms with Crippen LogP contribution in [-0.2, 0) is 0 Å². The lowest BCUT2D eigenvalue weighted by Crippen LogP contribution is -2.11. The zero-order valence-electron chi connectivity index (χ0n) is 6.91. The molecule has 0 heterocycles. The summed E-state index contributed by atoms with van der Waals surface area (Å²) in [5.74, 6) is 0.216. The van der Waals surface area contributed by atoms with Crippen molar-refractivity contribution >= 4 is 5.71 Å². The SMILES string of the molecule is CC1=CCC=C[C@H]1/C(C)=N\O. The Balaban J connectivity index is 2.78. The molecule has 0 unspecified atom stereocenters. The van der Waals surface area contributed by atoms with Crippen LogP contribution in [0.1, 0.15) is 20.3 Å². The predicted molar refractivity (Wildman–Crippen MR) is 45.9 cm³/mol. The van der Waals surface area contributed by atoms with Crippen LogP contribution < -0.4 is 0 Å². The normalized spacial score (nSPS) is 25.1. The van der Waals surface area contributed by atoms with E-state index in [1.54, 1.807) is 0 Å². The maximum absolute atomic E-state index is 8.53. The fraction of sp³-hybridized carbons (Fsp3) is 0.444. The van der Waals surface area contributed by atoms with Crippen molar-refractivity contribution in [1.82, 2.24) is 0 Å². The van der Waals surface area contributed by atoms with Crippen LogP contribution in [-0.4, -0.2) is 10.9 Å². The first kappa shape index (κ1) is 8.05. The van der Waals surface area contributed by atoms with E-state index in [2.05, 4.69) is 30.3 Å². The first-order chi connectivity index (χ1) is 5.25. The summed E-state index contributed by atoms with van der Waals surface area (Å²) in [6.07, 6.45) is 7.32. The number of hydrogen-bond donors (Lipinski definition) is 1. The van der Waals surface area contributed by atoms with E-state index in [-0.39, 0.29) is 5.92 Å². The molecule has 0 aromatic heterocycles. The van der Waals surface area contributed by atoms with E-state index in [1.165, 1.54) is 5.57 Å². The van der Waals surface area contributed by atoms with Crippen LogP contribution in [0.2, 0.25) is 0 Å². The average molecular weight is 151 g/mol. The maximum Gasteiger partial charge on any atom is 0.0648 e. The molecule has 2 nitrogen and oxygen atoms in total. The highest BCUT2D eigenvalue weighted by molar-refractivity contribution is 5.88. The summed E-state index contributed by atoms with van der Waals surface area (Å²) in [6, 6.07) is 0. The second-order valence-corrected chi connectivity index (χ2v) is 2.83. The average Bonchev–Trinajstić information content (AvgIpc) is 2.04. The van der Waals surface area contributed by atoms with Crippen LogP contribution in [0.5, 0.6) is 0 Å². The molecule has 1 atom stereocenters. The third kappa shape index (κ3) is 1.70. The molecule has 11 heavy (non-hydrogen) atoms. The van der Waals surface area contributed by atoms with E-state index in [1.807, 2.05) is 6.92 Å². The molecule has 0 aromatic rings. The highest BCUT2D eigenvalue weighted by Gasteiger charge is 2.12. The number of oxime groups is 1. The second kappa shape index (κ2) is 3.37. The Morgan fingerprint density at radius 1 is 1.73 bits per heavy atom. The summed E-state index contributed by atoms with van der Waals surface area (Å²) in [6.45, 7) is 3.89. The van der Waals surface area contributed by atoms with E-state index in [0.717, 1.165) is 12.1 Å². The van der Waals surface area contributed by atoms with Gasteiger partial charge in [0.2, 0.25) is 0 Å². The maximum atomic E-state index is 8.53. The van der Waals surface area contributed by atoms with Crippen molar-refractivity contribution in [2.75, 3.05) is 0 Å². The van der Waals surface area contributed by atoms with Gasteiger partial charge in [-0.1, -0.05) is 29.0 Å². The van der Waals surface area contributed by atoms with Crippen LogP contribution in [0.3, 0.4) is 0 Å². The van der Waals surface area contributed by atoms with Gasteiger partial charge in [0.1, 0.15) is 0 Å². The van der Waals surface area contributed by atoms with Gasteiger partial charge >= 0.3 is 0 Å². The van der Waals surface area contributed by atoms with Gasteiger partial charge in [-0.05, 0) is 20.3 Å². The Bertz CT molecular complexity index is 222. The molecule has 0 aromatic carbocycles. The highest BCUT2D eigenvalue weighted by Crippen LogP contribution is 2.19. The molecule has 0 spiro atoms. The summed E-state index contributed by atoms with van der Waals surface area (Å²) in [5.41, 5.74) is 2.03. The van der Waals surface area contributed by atoms with E-state index in [0.29, 0.717) is 0 Å². The van der Waals surface area contributed by atoms with E-state index in [4.69, 9.17) is 5.21 Å². The second-order valence-electron chi connectivity index (χ2n) is 2.83. The van der Waals surface area contributed by atoms with Gasteiger partial charge in [-0.15, -0.1) is 0 Å². The molecule has 1 aliphatic carbocycles. The smallest absolute Gasteiger partial charge is 0.0648 e. The van der Waals surface area contributed by atoms with Gasteiger partial charge in [-0.3, -0.25) is 0 Å². The number of hydrogen-bond acceptors (Lipinski definition) is 2. The van der Waals surface area contributed by atoms with Crippen LogP contribution >= 0.6 is 0 Å². The quantitative estimate of drug-likeness (QED) is 0.265. The summed E-state index contributed by atoms with van der Waals surface area (Å²) in [4.78, 5) is 0. The van der Waals surface area contributed by atoms with Gasteiger partial charge in [0.25, 0.3) is 0 Å². The number of allylic oxidation sites excluding steroid dienone is 4. The van der Waals surface area contributed by atoms with Crippen molar-refractivity contribution in [3.63, 3.8) is 0 Å². The van der Waals surface area contributed by atoms with Crippen LogP contribution in [0.4, 0.5) is 0 Å². The molecule has 0 amide bonds. The van der Waals surface area contributed by atoms with E-state index in [9.17, 15) is 0 Å². The third-order valence-electron chi connectivity index (χ3n) is 2.00. The monoisotopic (exact) mass is 151 g/mol. The minimum Gasteiger partial charge on any atom is -0.411 e. The van der Waals surface area contributed by atoms with Gasteiger partial charge in [0, 0.05) is 5.92 Å². The van der Waals surface area contributed by atoms with Gasteiger partial charge in [0.05, 0.1) is 5.71 Å². The Kier molecular flexibility index (Phi) is 2.47. The molecule has 60 valence electrons. The molecule has 0 aliphatic heterocycles. The van der Waals surface area contributed by atoms with Crippen LogP contribution in [0.15, 0.2) is 29.0 Å². The molecular weight excluding hydrogens is 138 g/mol. The van der Waals surface area contributed by atoms with Crippen LogP contribution in [0, 0.1) is 5.92 Å². The first-order valence-corrected chi connectivity index (χ1v) is 3.77. The summed E-state index contributed by atoms with van der Waals surface area (Å²) in [5, 5.41) is 11.7. The van der Waals surface area contributed by atoms with Gasteiger partial charge < -0.3 is 5.21 Å². The fourth-order valence-corrected chi connectivity index (χ4v) is 1.28. The third-order valence-corrected chi connectivity index (χ3v) is 2.00. The van der Waals surface area contributed by atoms with Crippen molar-refractivity contribution in [2.24, 2.45) is 11.1 Å². The number of rotatable bonds is 1. The molecular formula is C9H13NO. The Morgan fingerprint density at radius 2 is 2.45 bits per heavy atom.